The highest BCUT2D eigenvalue weighted by molar-refractivity contribution is 9.08. The minimum Gasteiger partial charge on any atom is -0.0876 e. The molecule has 0 spiro atoms. The number of hydrogen-bond donors (Lipinski definition) is 0. The molecule has 0 aliphatic rings. The average Bonchev–Trinajstić information content (AvgIpc) is 2.30. The number of rotatable bonds is 2. The van der Waals surface area contributed by atoms with Crippen molar-refractivity contribution in [1.82, 2.24) is 0 Å². The van der Waals surface area contributed by atoms with Crippen LogP contribution in [0.25, 0.3) is 11.1 Å². The van der Waals surface area contributed by atoms with Crippen molar-refractivity contribution < 1.29 is 0 Å². The molecule has 88 valence electrons. The van der Waals surface area contributed by atoms with Crippen molar-refractivity contribution >= 4 is 50.7 Å². The van der Waals surface area contributed by atoms with Gasteiger partial charge in [-0.05, 0) is 23.8 Å². The molecule has 0 amide bonds. The Morgan fingerprint density at radius 1 is 0.882 bits per heavy atom. The van der Waals surface area contributed by atoms with E-state index in [1.54, 1.807) is 12.1 Å². The third kappa shape index (κ3) is 2.79. The van der Waals surface area contributed by atoms with Crippen molar-refractivity contribution in [2.75, 3.05) is 0 Å². The van der Waals surface area contributed by atoms with E-state index in [9.17, 15) is 0 Å². The summed E-state index contributed by atoms with van der Waals surface area (Å²) in [7, 11) is 0. The first-order chi connectivity index (χ1) is 8.13. The van der Waals surface area contributed by atoms with Crippen LogP contribution in [0.1, 0.15) is 5.56 Å². The van der Waals surface area contributed by atoms with Crippen molar-refractivity contribution in [3.05, 3.63) is 57.0 Å². The summed E-state index contributed by atoms with van der Waals surface area (Å²) in [4.78, 5) is 0. The van der Waals surface area contributed by atoms with Crippen LogP contribution < -0.4 is 0 Å². The molecule has 0 nitrogen and oxygen atoms in total. The predicted molar refractivity (Wildman–Crippen MR) is 79.5 cm³/mol. The molecule has 0 aliphatic carbocycles. The molecule has 0 saturated heterocycles. The minimum absolute atomic E-state index is 0.603. The molecule has 4 heteroatoms. The molecule has 0 aromatic heterocycles. The second kappa shape index (κ2) is 5.62. The summed E-state index contributed by atoms with van der Waals surface area (Å²) in [5.41, 5.74) is 2.75. The van der Waals surface area contributed by atoms with Crippen LogP contribution in [0.15, 0.2) is 36.4 Å². The van der Waals surface area contributed by atoms with E-state index in [2.05, 4.69) is 15.9 Å². The maximum atomic E-state index is 6.25. The predicted octanol–water partition coefficient (Wildman–Crippen LogP) is 6.21. The third-order valence-corrected chi connectivity index (χ3v) is 4.01. The van der Waals surface area contributed by atoms with Gasteiger partial charge in [0.2, 0.25) is 0 Å². The van der Waals surface area contributed by atoms with Crippen molar-refractivity contribution in [1.29, 1.82) is 0 Å². The molecule has 0 bridgehead atoms. The van der Waals surface area contributed by atoms with Crippen LogP contribution in [0.5, 0.6) is 0 Å². The maximum Gasteiger partial charge on any atom is 0.0499 e. The van der Waals surface area contributed by atoms with Gasteiger partial charge in [-0.25, -0.2) is 0 Å². The van der Waals surface area contributed by atoms with Crippen LogP contribution in [0.2, 0.25) is 15.1 Å². The van der Waals surface area contributed by atoms with Crippen molar-refractivity contribution in [2.45, 2.75) is 5.33 Å². The molecule has 2 aromatic rings. The van der Waals surface area contributed by atoms with Gasteiger partial charge in [-0.1, -0.05) is 68.9 Å². The van der Waals surface area contributed by atoms with E-state index in [0.717, 1.165) is 22.0 Å². The summed E-state index contributed by atoms with van der Waals surface area (Å²) in [6, 6.07) is 11.3. The SMILES string of the molecule is Clc1cc(CBr)ccc1-c1c(Cl)cccc1Cl. The molecule has 0 heterocycles. The van der Waals surface area contributed by atoms with Gasteiger partial charge >= 0.3 is 0 Å². The van der Waals surface area contributed by atoms with Gasteiger partial charge in [-0.3, -0.25) is 0 Å². The molecule has 0 unspecified atom stereocenters. The standard InChI is InChI=1S/C13H8BrCl3/c14-7-8-4-5-9(12(17)6-8)13-10(15)2-1-3-11(13)16/h1-6H,7H2. The van der Waals surface area contributed by atoms with Gasteiger partial charge in [0.25, 0.3) is 0 Å². The molecule has 0 N–H and O–H groups in total. The zero-order valence-corrected chi connectivity index (χ0v) is 12.5. The summed E-state index contributed by atoms with van der Waals surface area (Å²) < 4.78 is 0. The van der Waals surface area contributed by atoms with Gasteiger partial charge in [0.15, 0.2) is 0 Å². The lowest BCUT2D eigenvalue weighted by atomic mass is 10.0. The van der Waals surface area contributed by atoms with Crippen LogP contribution in [0.4, 0.5) is 0 Å². The Bertz CT molecular complexity index is 532. The molecule has 2 rings (SSSR count). The average molecular weight is 350 g/mol. The fourth-order valence-electron chi connectivity index (χ4n) is 1.60. The van der Waals surface area contributed by atoms with Crippen molar-refractivity contribution in [3.8, 4) is 11.1 Å². The molecular weight excluding hydrogens is 342 g/mol. The summed E-state index contributed by atoms with van der Waals surface area (Å²) in [6.45, 7) is 0. The summed E-state index contributed by atoms with van der Waals surface area (Å²) in [6.07, 6.45) is 0. The highest BCUT2D eigenvalue weighted by Gasteiger charge is 2.11. The molecule has 0 fully saturated rings. The van der Waals surface area contributed by atoms with Crippen molar-refractivity contribution in [2.24, 2.45) is 0 Å². The van der Waals surface area contributed by atoms with Gasteiger partial charge in [-0.15, -0.1) is 0 Å². The normalized spacial score (nSPS) is 10.6. The van der Waals surface area contributed by atoms with Crippen LogP contribution in [-0.2, 0) is 5.33 Å². The van der Waals surface area contributed by atoms with E-state index < -0.39 is 0 Å². The van der Waals surface area contributed by atoms with Crippen LogP contribution in [0, 0.1) is 0 Å². The molecule has 0 saturated carbocycles. The summed E-state index contributed by atoms with van der Waals surface area (Å²) in [5.74, 6) is 0. The Kier molecular flexibility index (Phi) is 4.37. The zero-order valence-electron chi connectivity index (χ0n) is 8.68. The van der Waals surface area contributed by atoms with E-state index in [0.29, 0.717) is 15.1 Å². The van der Waals surface area contributed by atoms with Gasteiger partial charge in [-0.2, -0.15) is 0 Å². The number of benzene rings is 2. The lowest BCUT2D eigenvalue weighted by Crippen LogP contribution is -1.85. The third-order valence-electron chi connectivity index (χ3n) is 2.42. The highest BCUT2D eigenvalue weighted by atomic mass is 79.9. The molecule has 0 aliphatic heterocycles. The molecule has 0 radical (unpaired) electrons. The Balaban J connectivity index is 2.61. The lowest BCUT2D eigenvalue weighted by Gasteiger charge is -2.10. The Hall–Kier alpha value is -0.210. The second-order valence-electron chi connectivity index (χ2n) is 3.54. The van der Waals surface area contributed by atoms with Crippen LogP contribution in [-0.4, -0.2) is 0 Å². The monoisotopic (exact) mass is 348 g/mol. The molecule has 0 atom stereocenters. The fourth-order valence-corrected chi connectivity index (χ4v) is 2.85. The quantitative estimate of drug-likeness (QED) is 0.565. The second-order valence-corrected chi connectivity index (χ2v) is 5.33. The molecule has 2 aromatic carbocycles. The van der Waals surface area contributed by atoms with Crippen LogP contribution >= 0.6 is 50.7 Å². The first kappa shape index (κ1) is 13.2. The number of hydrogen-bond acceptors (Lipinski definition) is 0. The molecule has 17 heavy (non-hydrogen) atoms. The van der Waals surface area contributed by atoms with E-state index in [4.69, 9.17) is 34.8 Å². The number of alkyl halides is 1. The van der Waals surface area contributed by atoms with E-state index in [1.807, 2.05) is 24.3 Å². The van der Waals surface area contributed by atoms with Crippen LogP contribution in [0.3, 0.4) is 0 Å². The largest absolute Gasteiger partial charge is 0.0876 e. The zero-order chi connectivity index (χ0) is 12.4. The summed E-state index contributed by atoms with van der Waals surface area (Å²) >= 11 is 22.0. The highest BCUT2D eigenvalue weighted by Crippen LogP contribution is 2.38. The lowest BCUT2D eigenvalue weighted by molar-refractivity contribution is 1.43. The first-order valence-electron chi connectivity index (χ1n) is 4.92. The molecular formula is C13H8BrCl3. The first-order valence-corrected chi connectivity index (χ1v) is 7.18. The smallest absolute Gasteiger partial charge is 0.0499 e. The Morgan fingerprint density at radius 3 is 2.06 bits per heavy atom. The van der Waals surface area contributed by atoms with Gasteiger partial charge in [0.1, 0.15) is 0 Å². The van der Waals surface area contributed by atoms with E-state index >= 15 is 0 Å². The minimum atomic E-state index is 0.603. The topological polar surface area (TPSA) is 0 Å². The van der Waals surface area contributed by atoms with E-state index in [-0.39, 0.29) is 0 Å². The van der Waals surface area contributed by atoms with E-state index in [1.165, 1.54) is 0 Å². The Labute approximate surface area is 124 Å². The van der Waals surface area contributed by atoms with Crippen molar-refractivity contribution in [3.63, 3.8) is 0 Å². The summed E-state index contributed by atoms with van der Waals surface area (Å²) in [5, 5.41) is 2.62. The van der Waals surface area contributed by atoms with Gasteiger partial charge in [0, 0.05) is 31.5 Å². The van der Waals surface area contributed by atoms with Gasteiger partial charge < -0.3 is 0 Å². The van der Waals surface area contributed by atoms with Gasteiger partial charge in [0.05, 0.1) is 0 Å². The number of halogens is 4. The fraction of sp³-hybridized carbons (Fsp3) is 0.0769. The maximum absolute atomic E-state index is 6.25. The Morgan fingerprint density at radius 2 is 1.53 bits per heavy atom.